The number of hydrogen-bond donors (Lipinski definition) is 1. The van der Waals surface area contributed by atoms with E-state index in [0.717, 1.165) is 27.2 Å². The molecule has 1 saturated heterocycles. The minimum Gasteiger partial charge on any atom is -0.467 e. The number of furan rings is 2. The Kier molecular flexibility index (Phi) is 5.72. The van der Waals surface area contributed by atoms with E-state index in [1.54, 1.807) is 24.2 Å². The van der Waals surface area contributed by atoms with E-state index < -0.39 is 0 Å². The molecule has 31 heavy (non-hydrogen) atoms. The molecule has 1 aliphatic rings. The van der Waals surface area contributed by atoms with Gasteiger partial charge in [0.25, 0.3) is 0 Å². The first-order valence-electron chi connectivity index (χ1n) is 9.71. The van der Waals surface area contributed by atoms with E-state index in [1.165, 1.54) is 0 Å². The minimum atomic E-state index is -0.160. The number of rotatable bonds is 6. The summed E-state index contributed by atoms with van der Waals surface area (Å²) < 4.78 is 11.9. The number of nitrogens with one attached hydrogen (secondary N) is 1. The van der Waals surface area contributed by atoms with E-state index in [1.807, 2.05) is 66.7 Å². The van der Waals surface area contributed by atoms with Crippen molar-refractivity contribution in [2.24, 2.45) is 0 Å². The van der Waals surface area contributed by atoms with Crippen LogP contribution in [0.4, 0.5) is 0 Å². The molecule has 8 heteroatoms. The molecule has 0 saturated carbocycles. The fourth-order valence-corrected chi connectivity index (χ4v) is 4.83. The Bertz CT molecular complexity index is 1160. The second-order valence-corrected chi connectivity index (χ2v) is 8.95. The number of hydrogen-bond acceptors (Lipinski definition) is 5. The largest absolute Gasteiger partial charge is 0.467 e. The Labute approximate surface area is 194 Å². The minimum absolute atomic E-state index is 0.136. The first-order chi connectivity index (χ1) is 15.2. The van der Waals surface area contributed by atoms with Crippen molar-refractivity contribution in [1.29, 1.82) is 0 Å². The Balaban J connectivity index is 1.46. The molecule has 3 aromatic heterocycles. The van der Waals surface area contributed by atoms with Crippen LogP contribution in [-0.4, -0.2) is 15.0 Å². The van der Waals surface area contributed by atoms with Crippen LogP contribution in [0.1, 0.15) is 29.3 Å². The van der Waals surface area contributed by atoms with E-state index in [4.69, 9.17) is 32.7 Å². The third kappa shape index (κ3) is 4.35. The Hall–Kier alpha value is -2.74. The van der Waals surface area contributed by atoms with Crippen molar-refractivity contribution in [3.63, 3.8) is 0 Å². The van der Waals surface area contributed by atoms with Gasteiger partial charge in [-0.15, -0.1) is 0 Å². The lowest BCUT2D eigenvalue weighted by Gasteiger charge is -2.25. The van der Waals surface area contributed by atoms with Gasteiger partial charge in [-0.1, -0.05) is 29.4 Å². The van der Waals surface area contributed by atoms with E-state index in [-0.39, 0.29) is 12.1 Å². The zero-order valence-electron chi connectivity index (χ0n) is 16.3. The van der Waals surface area contributed by atoms with Gasteiger partial charge in [-0.05, 0) is 72.9 Å². The van der Waals surface area contributed by atoms with Gasteiger partial charge in [0.15, 0.2) is 10.2 Å². The third-order valence-electron chi connectivity index (χ3n) is 5.03. The molecule has 1 N–H and O–H groups in total. The molecule has 4 heterocycles. The van der Waals surface area contributed by atoms with Gasteiger partial charge >= 0.3 is 0 Å². The molecule has 0 radical (unpaired) electrons. The maximum Gasteiger partial charge on any atom is 0.170 e. The van der Waals surface area contributed by atoms with Crippen molar-refractivity contribution in [2.75, 3.05) is 0 Å². The van der Waals surface area contributed by atoms with Gasteiger partial charge in [0.2, 0.25) is 0 Å². The Morgan fingerprint density at radius 3 is 2.68 bits per heavy atom. The molecule has 4 aromatic rings. The summed E-state index contributed by atoms with van der Waals surface area (Å²) in [4.78, 5) is 7.69. The molecule has 0 unspecified atom stereocenters. The molecule has 1 fully saturated rings. The van der Waals surface area contributed by atoms with Gasteiger partial charge in [0, 0.05) is 16.1 Å². The van der Waals surface area contributed by atoms with Crippen LogP contribution in [0.5, 0.6) is 0 Å². The zero-order valence-corrected chi connectivity index (χ0v) is 18.7. The van der Waals surface area contributed by atoms with Gasteiger partial charge in [-0.2, -0.15) is 0 Å². The van der Waals surface area contributed by atoms with E-state index >= 15 is 0 Å². The predicted molar refractivity (Wildman–Crippen MR) is 124 cm³/mol. The molecule has 156 valence electrons. The first-order valence-corrected chi connectivity index (χ1v) is 11.3. The highest BCUT2D eigenvalue weighted by molar-refractivity contribution is 7.99. The van der Waals surface area contributed by atoms with Crippen LogP contribution >= 0.6 is 35.6 Å². The second kappa shape index (κ2) is 8.78. The van der Waals surface area contributed by atoms with Gasteiger partial charge in [0.1, 0.15) is 17.6 Å². The molecule has 2 atom stereocenters. The topological polar surface area (TPSA) is 54.4 Å². The second-order valence-electron chi connectivity index (χ2n) is 7.05. The van der Waals surface area contributed by atoms with Crippen molar-refractivity contribution in [1.82, 2.24) is 15.2 Å². The monoisotopic (exact) mass is 467 g/mol. The van der Waals surface area contributed by atoms with Crippen molar-refractivity contribution in [3.05, 3.63) is 101 Å². The average Bonchev–Trinajstić information content (AvgIpc) is 3.52. The molecule has 1 aliphatic heterocycles. The van der Waals surface area contributed by atoms with Crippen LogP contribution in [-0.2, 0) is 6.54 Å². The number of benzene rings is 1. The summed E-state index contributed by atoms with van der Waals surface area (Å²) in [5.74, 6) is 1.64. The standard InChI is InChI=1S/C23H18ClN3O2S2/c24-15-6-8-17(9-7-15)31-20-11-10-19(29-20)22-21(18-5-1-2-12-25-18)26-23(30)27(22)14-16-4-3-13-28-16/h1-13,21-22H,14H2,(H,26,30)/t21-,22-/m0/s1. The van der Waals surface area contributed by atoms with E-state index in [9.17, 15) is 0 Å². The number of aromatic nitrogens is 1. The quantitative estimate of drug-likeness (QED) is 0.336. The van der Waals surface area contributed by atoms with Crippen LogP contribution in [0.25, 0.3) is 0 Å². The number of pyridine rings is 1. The van der Waals surface area contributed by atoms with Crippen LogP contribution in [0.15, 0.2) is 98.0 Å². The highest BCUT2D eigenvalue weighted by Crippen LogP contribution is 2.42. The fraction of sp³-hybridized carbons (Fsp3) is 0.130. The summed E-state index contributed by atoms with van der Waals surface area (Å²) >= 11 is 13.2. The van der Waals surface area contributed by atoms with E-state index in [0.29, 0.717) is 16.7 Å². The van der Waals surface area contributed by atoms with Crippen LogP contribution in [0, 0.1) is 0 Å². The Morgan fingerprint density at radius 1 is 1.06 bits per heavy atom. The molecule has 0 bridgehead atoms. The Morgan fingerprint density at radius 2 is 1.94 bits per heavy atom. The number of nitrogens with zero attached hydrogens (tertiary/aromatic N) is 2. The fourth-order valence-electron chi connectivity index (χ4n) is 3.62. The lowest BCUT2D eigenvalue weighted by atomic mass is 10.0. The van der Waals surface area contributed by atoms with Crippen molar-refractivity contribution in [3.8, 4) is 0 Å². The molecule has 0 spiro atoms. The van der Waals surface area contributed by atoms with Gasteiger partial charge < -0.3 is 19.1 Å². The summed E-state index contributed by atoms with van der Waals surface area (Å²) in [6, 6.07) is 21.1. The highest BCUT2D eigenvalue weighted by Gasteiger charge is 2.42. The third-order valence-corrected chi connectivity index (χ3v) is 6.56. The summed E-state index contributed by atoms with van der Waals surface area (Å²) in [5.41, 5.74) is 0.903. The first kappa shape index (κ1) is 20.2. The predicted octanol–water partition coefficient (Wildman–Crippen LogP) is 6.24. The average molecular weight is 468 g/mol. The van der Waals surface area contributed by atoms with Crippen LogP contribution < -0.4 is 5.32 Å². The molecular weight excluding hydrogens is 450 g/mol. The van der Waals surface area contributed by atoms with E-state index in [2.05, 4.69) is 15.2 Å². The summed E-state index contributed by atoms with van der Waals surface area (Å²) in [6.07, 6.45) is 3.46. The van der Waals surface area contributed by atoms with Gasteiger partial charge in [-0.25, -0.2) is 0 Å². The molecule has 0 amide bonds. The number of halogens is 1. The lowest BCUT2D eigenvalue weighted by Crippen LogP contribution is -2.28. The maximum absolute atomic E-state index is 6.28. The smallest absolute Gasteiger partial charge is 0.170 e. The normalized spacial score (nSPS) is 18.4. The van der Waals surface area contributed by atoms with Gasteiger partial charge in [0.05, 0.1) is 24.5 Å². The number of thiocarbonyl (C=S) groups is 1. The lowest BCUT2D eigenvalue weighted by molar-refractivity contribution is 0.241. The van der Waals surface area contributed by atoms with Crippen molar-refractivity contribution in [2.45, 2.75) is 28.6 Å². The molecule has 5 rings (SSSR count). The van der Waals surface area contributed by atoms with Crippen LogP contribution in [0.2, 0.25) is 5.02 Å². The summed E-state index contributed by atoms with van der Waals surface area (Å²) in [7, 11) is 0. The summed E-state index contributed by atoms with van der Waals surface area (Å²) in [6.45, 7) is 0.535. The summed E-state index contributed by atoms with van der Waals surface area (Å²) in [5, 5.41) is 5.57. The zero-order chi connectivity index (χ0) is 21.2. The molecular formula is C23H18ClN3O2S2. The van der Waals surface area contributed by atoms with Crippen molar-refractivity contribution >= 4 is 40.7 Å². The maximum atomic E-state index is 6.28. The van der Waals surface area contributed by atoms with Gasteiger partial charge in [-0.3, -0.25) is 4.98 Å². The molecule has 5 nitrogen and oxygen atoms in total. The SMILES string of the molecule is S=C1N[C@@H](c2ccccn2)[C@H](c2ccc(Sc3ccc(Cl)cc3)o2)N1Cc1ccco1. The highest BCUT2D eigenvalue weighted by atomic mass is 35.5. The van der Waals surface area contributed by atoms with Crippen LogP contribution in [0.3, 0.4) is 0 Å². The van der Waals surface area contributed by atoms with Crippen molar-refractivity contribution < 1.29 is 8.83 Å². The molecule has 1 aromatic carbocycles. The molecule has 0 aliphatic carbocycles.